The Kier molecular flexibility index (Phi) is 2.49. The zero-order valence-electron chi connectivity index (χ0n) is 5.19. The van der Waals surface area contributed by atoms with E-state index in [0.29, 0.717) is 0 Å². The predicted octanol–water partition coefficient (Wildman–Crippen LogP) is -0.589. The highest BCUT2D eigenvalue weighted by atomic mass is 28.2. The second-order valence-corrected chi connectivity index (χ2v) is 5.11. The first-order valence-electron chi connectivity index (χ1n) is 2.34. The van der Waals surface area contributed by atoms with Gasteiger partial charge in [-0.1, -0.05) is 0 Å². The maximum absolute atomic E-state index is 5.58. The molecule has 0 bridgehead atoms. The molecule has 0 saturated carbocycles. The number of hydrogen-bond acceptors (Lipinski definition) is 2. The minimum absolute atomic E-state index is 0.0330. The third-order valence-electron chi connectivity index (χ3n) is 0.516. The summed E-state index contributed by atoms with van der Waals surface area (Å²) in [5.41, 5.74) is 5.58. The molecule has 0 atom stereocenters. The first-order valence-corrected chi connectivity index (χ1v) is 3.62. The van der Waals surface area contributed by atoms with Crippen LogP contribution in [-0.2, 0) is 4.43 Å². The van der Waals surface area contributed by atoms with Gasteiger partial charge in [-0.05, 0) is 13.8 Å². The van der Waals surface area contributed by atoms with Gasteiger partial charge in [0.1, 0.15) is 0 Å². The summed E-state index contributed by atoms with van der Waals surface area (Å²) in [6.45, 7) is 3.98. The molecule has 0 aliphatic heterocycles. The van der Waals surface area contributed by atoms with E-state index < -0.39 is 9.76 Å². The molecule has 2 N–H and O–H groups in total. The van der Waals surface area contributed by atoms with Crippen molar-refractivity contribution in [3.05, 3.63) is 0 Å². The highest BCUT2D eigenvalue weighted by molar-refractivity contribution is 6.31. The van der Waals surface area contributed by atoms with Crippen LogP contribution < -0.4 is 5.73 Å². The van der Waals surface area contributed by atoms with Gasteiger partial charge in [-0.15, -0.1) is 0 Å². The number of rotatable bonds is 2. The highest BCUT2D eigenvalue weighted by Gasteiger charge is 2.09. The Bertz CT molecular complexity index is 50.1. The van der Waals surface area contributed by atoms with E-state index in [9.17, 15) is 0 Å². The van der Waals surface area contributed by atoms with Crippen molar-refractivity contribution in [2.45, 2.75) is 19.0 Å². The summed E-state index contributed by atoms with van der Waals surface area (Å²) in [7, 11) is 1.25. The van der Waals surface area contributed by atoms with Gasteiger partial charge in [0.2, 0.25) is 0 Å². The first-order chi connectivity index (χ1) is 3.06. The van der Waals surface area contributed by atoms with E-state index in [1.165, 1.54) is 0 Å². The molecule has 0 heterocycles. The average Bonchev–Trinajstić information content (AvgIpc) is 1.30. The maximum atomic E-state index is 5.58. The van der Waals surface area contributed by atoms with Crippen LogP contribution in [0.2, 0.25) is 0 Å². The van der Waals surface area contributed by atoms with Crippen LogP contribution in [0.5, 0.6) is 0 Å². The average molecular weight is 119 g/mol. The summed E-state index contributed by atoms with van der Waals surface area (Å²) in [4.78, 5) is 0. The smallest absolute Gasteiger partial charge is 0.179 e. The predicted molar refractivity (Wildman–Crippen MR) is 33.8 cm³/mol. The van der Waals surface area contributed by atoms with E-state index in [4.69, 9.17) is 10.2 Å². The third kappa shape index (κ3) is 6.14. The summed E-state index contributed by atoms with van der Waals surface area (Å²) < 4.78 is 4.92. The molecule has 0 unspecified atom stereocenters. The Hall–Kier alpha value is 0.137. The Morgan fingerprint density at radius 2 is 2.00 bits per heavy atom. The number of nitrogens with two attached hydrogens (primary N) is 1. The lowest BCUT2D eigenvalue weighted by Gasteiger charge is -2.14. The van der Waals surface area contributed by atoms with Crippen molar-refractivity contribution in [3.8, 4) is 0 Å². The quantitative estimate of drug-likeness (QED) is 0.493. The molecule has 0 aliphatic rings. The Morgan fingerprint density at radius 3 is 2.00 bits per heavy atom. The van der Waals surface area contributed by atoms with Crippen molar-refractivity contribution in [2.75, 3.05) is 7.11 Å². The topological polar surface area (TPSA) is 35.2 Å². The zero-order chi connectivity index (χ0) is 5.91. The van der Waals surface area contributed by atoms with E-state index in [0.717, 1.165) is 0 Å². The van der Waals surface area contributed by atoms with Crippen molar-refractivity contribution in [1.82, 2.24) is 0 Å². The lowest BCUT2D eigenvalue weighted by molar-refractivity contribution is 0.415. The van der Waals surface area contributed by atoms with E-state index >= 15 is 0 Å². The largest absolute Gasteiger partial charge is 0.425 e. The first kappa shape index (κ1) is 7.14. The fraction of sp³-hybridized carbons (Fsp3) is 1.00. The molecular weight excluding hydrogens is 106 g/mol. The monoisotopic (exact) mass is 119 g/mol. The van der Waals surface area contributed by atoms with Crippen LogP contribution >= 0.6 is 0 Å². The second-order valence-electron chi connectivity index (χ2n) is 2.42. The van der Waals surface area contributed by atoms with Crippen LogP contribution in [0.4, 0.5) is 0 Å². The van der Waals surface area contributed by atoms with Crippen molar-refractivity contribution in [1.29, 1.82) is 0 Å². The van der Waals surface area contributed by atoms with E-state index in [-0.39, 0.29) is 5.16 Å². The van der Waals surface area contributed by atoms with Gasteiger partial charge in [0, 0.05) is 12.3 Å². The summed E-state index contributed by atoms with van der Waals surface area (Å²) in [5, 5.41) is -0.0330. The molecule has 0 amide bonds. The Morgan fingerprint density at radius 1 is 1.57 bits per heavy atom. The Balaban J connectivity index is 3.15. The van der Waals surface area contributed by atoms with Crippen LogP contribution in [0.3, 0.4) is 0 Å². The normalized spacial score (nSPS) is 13.7. The van der Waals surface area contributed by atoms with Crippen LogP contribution in [0, 0.1) is 0 Å². The van der Waals surface area contributed by atoms with Gasteiger partial charge in [-0.25, -0.2) is 0 Å². The van der Waals surface area contributed by atoms with Crippen molar-refractivity contribution in [2.24, 2.45) is 5.73 Å². The molecule has 0 radical (unpaired) electrons. The molecular formula is C4H13NOSi. The van der Waals surface area contributed by atoms with Gasteiger partial charge in [0.15, 0.2) is 9.76 Å². The minimum atomic E-state index is -0.462. The van der Waals surface area contributed by atoms with Crippen molar-refractivity contribution >= 4 is 9.76 Å². The fourth-order valence-electron chi connectivity index (χ4n) is 0.372. The third-order valence-corrected chi connectivity index (χ3v) is 1.55. The van der Waals surface area contributed by atoms with Gasteiger partial charge in [-0.2, -0.15) is 0 Å². The highest BCUT2D eigenvalue weighted by Crippen LogP contribution is 1.90. The molecule has 0 aromatic rings. The molecule has 0 aliphatic carbocycles. The van der Waals surface area contributed by atoms with Crippen LogP contribution in [0.15, 0.2) is 0 Å². The second kappa shape index (κ2) is 2.45. The van der Waals surface area contributed by atoms with Gasteiger partial charge in [-0.3, -0.25) is 0 Å². The van der Waals surface area contributed by atoms with Crippen LogP contribution in [0.1, 0.15) is 13.8 Å². The van der Waals surface area contributed by atoms with Crippen LogP contribution in [0.25, 0.3) is 0 Å². The van der Waals surface area contributed by atoms with Gasteiger partial charge < -0.3 is 10.2 Å². The molecule has 0 aromatic heterocycles. The summed E-state index contributed by atoms with van der Waals surface area (Å²) >= 11 is 0. The van der Waals surface area contributed by atoms with Gasteiger partial charge in [0.05, 0.1) is 0 Å². The lowest BCUT2D eigenvalue weighted by Crippen LogP contribution is -2.39. The lowest BCUT2D eigenvalue weighted by atomic mass is 10.4. The molecule has 0 saturated heterocycles. The van der Waals surface area contributed by atoms with Crippen molar-refractivity contribution < 1.29 is 4.43 Å². The standard InChI is InChI=1S/C4H13NOSi/c1-4(2,5)7-6-3/h5,7H2,1-3H3. The molecule has 0 spiro atoms. The summed E-state index contributed by atoms with van der Waals surface area (Å²) in [5.74, 6) is 0. The molecule has 0 aromatic carbocycles. The van der Waals surface area contributed by atoms with E-state index in [2.05, 4.69) is 0 Å². The van der Waals surface area contributed by atoms with Crippen molar-refractivity contribution in [3.63, 3.8) is 0 Å². The van der Waals surface area contributed by atoms with Gasteiger partial charge in [0.25, 0.3) is 0 Å². The molecule has 7 heavy (non-hydrogen) atoms. The maximum Gasteiger partial charge on any atom is 0.179 e. The molecule has 2 nitrogen and oxygen atoms in total. The van der Waals surface area contributed by atoms with E-state index in [1.807, 2.05) is 13.8 Å². The minimum Gasteiger partial charge on any atom is -0.425 e. The molecule has 3 heteroatoms. The number of hydrogen-bond donors (Lipinski definition) is 1. The Labute approximate surface area is 47.0 Å². The molecule has 0 fully saturated rings. The molecule has 0 rings (SSSR count). The summed E-state index contributed by atoms with van der Waals surface area (Å²) in [6.07, 6.45) is 0. The zero-order valence-corrected chi connectivity index (χ0v) is 6.61. The SMILES string of the molecule is CO[SiH2]C(C)(C)N. The van der Waals surface area contributed by atoms with Crippen LogP contribution in [-0.4, -0.2) is 22.0 Å². The molecule has 44 valence electrons. The van der Waals surface area contributed by atoms with Gasteiger partial charge >= 0.3 is 0 Å². The summed E-state index contributed by atoms with van der Waals surface area (Å²) in [6, 6.07) is 0. The fourth-order valence-corrected chi connectivity index (χ4v) is 1.12. The van der Waals surface area contributed by atoms with E-state index in [1.54, 1.807) is 7.11 Å².